The van der Waals surface area contributed by atoms with Crippen LogP contribution in [0.25, 0.3) is 62.9 Å². The molecule has 5 aromatic rings. The molecule has 0 atom stereocenters. The van der Waals surface area contributed by atoms with Crippen molar-refractivity contribution in [3.05, 3.63) is 146 Å². The van der Waals surface area contributed by atoms with E-state index in [2.05, 4.69) is 121 Å². The summed E-state index contributed by atoms with van der Waals surface area (Å²) in [6.07, 6.45) is 18.7. The molecule has 9 rings (SSSR count). The summed E-state index contributed by atoms with van der Waals surface area (Å²) in [5, 5.41) is 8.47. The van der Waals surface area contributed by atoms with Crippen molar-refractivity contribution in [3.63, 3.8) is 0 Å². The molecule has 0 amide bonds. The molecule has 0 heteroatoms. The van der Waals surface area contributed by atoms with Crippen LogP contribution in [0.4, 0.5) is 0 Å². The molecule has 4 aliphatic carbocycles. The molecule has 0 nitrogen and oxygen atoms in total. The molecule has 0 aromatic heterocycles. The first-order valence-electron chi connectivity index (χ1n) is 15.5. The lowest BCUT2D eigenvalue weighted by Crippen LogP contribution is -2.33. The first-order valence-corrected chi connectivity index (χ1v) is 15.5. The summed E-state index contributed by atoms with van der Waals surface area (Å²) in [4.78, 5) is 0. The molecule has 4 aliphatic rings. The summed E-state index contributed by atoms with van der Waals surface area (Å²) < 4.78 is 0. The lowest BCUT2D eigenvalue weighted by atomic mass is 9.82. The van der Waals surface area contributed by atoms with Gasteiger partial charge in [0.1, 0.15) is 0 Å². The molecule has 0 fully saturated rings. The van der Waals surface area contributed by atoms with Gasteiger partial charge >= 0.3 is 0 Å². The van der Waals surface area contributed by atoms with Crippen LogP contribution in [0.15, 0.2) is 97.1 Å². The van der Waals surface area contributed by atoms with E-state index in [1.54, 1.807) is 0 Å². The maximum atomic E-state index is 2.51. The second-order valence-corrected chi connectivity index (χ2v) is 12.2. The topological polar surface area (TPSA) is 0 Å². The van der Waals surface area contributed by atoms with Gasteiger partial charge in [0.25, 0.3) is 0 Å². The van der Waals surface area contributed by atoms with Crippen molar-refractivity contribution < 1.29 is 0 Å². The zero-order valence-corrected chi connectivity index (χ0v) is 23.8. The van der Waals surface area contributed by atoms with Gasteiger partial charge in [0.2, 0.25) is 0 Å². The summed E-state index contributed by atoms with van der Waals surface area (Å²) in [5.74, 6) is 0. The van der Waals surface area contributed by atoms with E-state index >= 15 is 0 Å². The standard InChI is InChI=1S/C42H32/c1-2-9-32-26-33(23-16-27(32)8-1)42-38-13-5-3-11-36(38)41(37-12-4-6-14-39(37)42)31-19-17-28(18-20-31)34-25-24-30-22-21-29-10-7-15-35(34)40(29)30/h1-3,5,7-15,17-22,26H,4,6,16,23-25H2. The van der Waals surface area contributed by atoms with Crippen molar-refractivity contribution in [3.8, 4) is 11.1 Å². The second kappa shape index (κ2) is 9.43. The zero-order chi connectivity index (χ0) is 27.6. The largest absolute Gasteiger partial charge is 0.0757 e. The number of fused-ring (bicyclic) bond motifs is 3. The van der Waals surface area contributed by atoms with Gasteiger partial charge in [-0.1, -0.05) is 121 Å². The molecule has 0 saturated heterocycles. The van der Waals surface area contributed by atoms with Gasteiger partial charge in [-0.15, -0.1) is 0 Å². The highest BCUT2D eigenvalue weighted by Gasteiger charge is 2.20. The van der Waals surface area contributed by atoms with Crippen molar-refractivity contribution in [1.29, 1.82) is 0 Å². The number of hydrogen-bond acceptors (Lipinski definition) is 0. The van der Waals surface area contributed by atoms with Gasteiger partial charge in [-0.3, -0.25) is 0 Å². The highest BCUT2D eigenvalue weighted by atomic mass is 14.2. The van der Waals surface area contributed by atoms with Gasteiger partial charge < -0.3 is 0 Å². The van der Waals surface area contributed by atoms with E-state index in [4.69, 9.17) is 0 Å². The highest BCUT2D eigenvalue weighted by Crippen LogP contribution is 2.36. The molecule has 0 bridgehead atoms. The summed E-state index contributed by atoms with van der Waals surface area (Å²) in [5.41, 5.74) is 14.2. The van der Waals surface area contributed by atoms with E-state index in [-0.39, 0.29) is 0 Å². The van der Waals surface area contributed by atoms with Crippen LogP contribution in [0.3, 0.4) is 0 Å². The van der Waals surface area contributed by atoms with Gasteiger partial charge in [-0.25, -0.2) is 0 Å². The lowest BCUT2D eigenvalue weighted by Gasteiger charge is -2.22. The fraction of sp³-hybridized carbons (Fsp3) is 0.143. The minimum Gasteiger partial charge on any atom is -0.0757 e. The third kappa shape index (κ3) is 3.61. The minimum atomic E-state index is 1.09. The van der Waals surface area contributed by atoms with E-state index in [0.717, 1.165) is 38.5 Å². The Hall–Kier alpha value is -4.68. The van der Waals surface area contributed by atoms with Gasteiger partial charge in [0, 0.05) is 0 Å². The lowest BCUT2D eigenvalue weighted by molar-refractivity contribution is 0.999. The summed E-state index contributed by atoms with van der Waals surface area (Å²) in [6.45, 7) is 0. The smallest absolute Gasteiger partial charge is 0.00297 e. The normalized spacial score (nSPS) is 16.3. The minimum absolute atomic E-state index is 1.09. The molecule has 0 N–H and O–H groups in total. The Morgan fingerprint density at radius 3 is 2.07 bits per heavy atom. The van der Waals surface area contributed by atoms with Crippen molar-refractivity contribution in [1.82, 2.24) is 0 Å². The van der Waals surface area contributed by atoms with Crippen LogP contribution in [0.1, 0.15) is 59.9 Å². The van der Waals surface area contributed by atoms with E-state index < -0.39 is 0 Å². The van der Waals surface area contributed by atoms with Gasteiger partial charge in [0.15, 0.2) is 0 Å². The van der Waals surface area contributed by atoms with Crippen molar-refractivity contribution >= 4 is 51.8 Å². The zero-order valence-electron chi connectivity index (χ0n) is 23.8. The first-order chi connectivity index (χ1) is 20.8. The van der Waals surface area contributed by atoms with Crippen LogP contribution in [-0.2, 0) is 6.42 Å². The molecule has 200 valence electrons. The molecule has 0 heterocycles. The molecule has 0 radical (unpaired) electrons. The monoisotopic (exact) mass is 536 g/mol. The molecule has 5 aromatic carbocycles. The fourth-order valence-corrected chi connectivity index (χ4v) is 7.98. The number of hydrogen-bond donors (Lipinski definition) is 0. The van der Waals surface area contributed by atoms with E-state index in [1.807, 2.05) is 0 Å². The number of allylic oxidation sites excluding steroid dienone is 2. The van der Waals surface area contributed by atoms with E-state index in [0.29, 0.717) is 0 Å². The molecular formula is C42H32. The quantitative estimate of drug-likeness (QED) is 0.224. The first kappa shape index (κ1) is 24.0. The third-order valence-electron chi connectivity index (χ3n) is 9.90. The molecule has 0 spiro atoms. The molecule has 0 unspecified atom stereocenters. The maximum absolute atomic E-state index is 2.51. The number of rotatable bonds is 3. The Labute approximate surface area is 246 Å². The molecular weight excluding hydrogens is 504 g/mol. The Bertz CT molecular complexity index is 2270. The van der Waals surface area contributed by atoms with Crippen LogP contribution < -0.4 is 20.9 Å². The summed E-state index contributed by atoms with van der Waals surface area (Å²) in [6, 6.07) is 34.3. The SMILES string of the molecule is C1=Cc2cccc3c2=C1CCC=3c1ccc(-c2c3c(c(C4=Cc5ccccc5CC4)c4ccccc24)=CCCC=3)cc1. The van der Waals surface area contributed by atoms with Crippen LogP contribution in [-0.4, -0.2) is 0 Å². The van der Waals surface area contributed by atoms with Crippen LogP contribution >= 0.6 is 0 Å². The van der Waals surface area contributed by atoms with Gasteiger partial charge in [0.05, 0.1) is 0 Å². The summed E-state index contributed by atoms with van der Waals surface area (Å²) in [7, 11) is 0. The highest BCUT2D eigenvalue weighted by molar-refractivity contribution is 6.06. The van der Waals surface area contributed by atoms with Crippen molar-refractivity contribution in [2.45, 2.75) is 38.5 Å². The summed E-state index contributed by atoms with van der Waals surface area (Å²) >= 11 is 0. The Balaban J connectivity index is 1.25. The molecule has 0 saturated carbocycles. The maximum Gasteiger partial charge on any atom is -0.00297 e. The number of benzene rings is 5. The van der Waals surface area contributed by atoms with Crippen molar-refractivity contribution in [2.75, 3.05) is 0 Å². The van der Waals surface area contributed by atoms with E-state index in [9.17, 15) is 0 Å². The average Bonchev–Trinajstić information content (AvgIpc) is 3.48. The molecule has 42 heavy (non-hydrogen) atoms. The van der Waals surface area contributed by atoms with Crippen LogP contribution in [0.2, 0.25) is 0 Å². The predicted molar refractivity (Wildman–Crippen MR) is 179 cm³/mol. The van der Waals surface area contributed by atoms with Crippen LogP contribution in [0.5, 0.6) is 0 Å². The van der Waals surface area contributed by atoms with Crippen molar-refractivity contribution in [2.24, 2.45) is 0 Å². The van der Waals surface area contributed by atoms with Crippen LogP contribution in [0, 0.1) is 0 Å². The van der Waals surface area contributed by atoms with Gasteiger partial charge in [-0.05, 0) is 126 Å². The van der Waals surface area contributed by atoms with E-state index in [1.165, 1.54) is 87.3 Å². The Kier molecular flexibility index (Phi) is 5.38. The van der Waals surface area contributed by atoms with Gasteiger partial charge in [-0.2, -0.15) is 0 Å². The second-order valence-electron chi connectivity index (χ2n) is 12.2. The predicted octanol–water partition coefficient (Wildman–Crippen LogP) is 7.52. The molecule has 0 aliphatic heterocycles. The fourth-order valence-electron chi connectivity index (χ4n) is 7.98. The Morgan fingerprint density at radius 1 is 0.500 bits per heavy atom. The number of aryl methyl sites for hydroxylation is 1. The Morgan fingerprint density at radius 2 is 1.21 bits per heavy atom. The third-order valence-corrected chi connectivity index (χ3v) is 9.90. The average molecular weight is 537 g/mol.